The van der Waals surface area contributed by atoms with Crippen LogP contribution in [0.25, 0.3) is 10.9 Å². The highest BCUT2D eigenvalue weighted by Gasteiger charge is 2.30. The number of aromatic amines is 1. The Balaban J connectivity index is 1.41. The minimum atomic E-state index is -3.57. The number of fused-ring (bicyclic) bond motifs is 1. The molecule has 4 rings (SSSR count). The lowest BCUT2D eigenvalue weighted by Crippen LogP contribution is -2.50. The summed E-state index contributed by atoms with van der Waals surface area (Å²) in [4.78, 5) is 18.4. The highest BCUT2D eigenvalue weighted by atomic mass is 32.2. The van der Waals surface area contributed by atoms with Gasteiger partial charge in [0.1, 0.15) is 4.90 Å². The molecule has 27 heavy (non-hydrogen) atoms. The Labute approximate surface area is 156 Å². The summed E-state index contributed by atoms with van der Waals surface area (Å²) >= 11 is 0. The van der Waals surface area contributed by atoms with Crippen molar-refractivity contribution in [3.05, 3.63) is 54.5 Å². The number of benzene rings is 1. The summed E-state index contributed by atoms with van der Waals surface area (Å²) in [5.41, 5.74) is 1.61. The number of piperazine rings is 1. The number of hydrogen-bond acceptors (Lipinski definition) is 5. The van der Waals surface area contributed by atoms with Gasteiger partial charge in [0.15, 0.2) is 0 Å². The lowest BCUT2D eigenvalue weighted by atomic mass is 10.1. The van der Waals surface area contributed by atoms with E-state index in [1.807, 2.05) is 24.3 Å². The van der Waals surface area contributed by atoms with Crippen molar-refractivity contribution in [2.24, 2.45) is 0 Å². The quantitative estimate of drug-likeness (QED) is 0.723. The molecule has 0 unspecified atom stereocenters. The fourth-order valence-electron chi connectivity index (χ4n) is 3.24. The third kappa shape index (κ3) is 3.43. The summed E-state index contributed by atoms with van der Waals surface area (Å²) < 4.78 is 26.7. The number of pyridine rings is 1. The summed E-state index contributed by atoms with van der Waals surface area (Å²) in [5.74, 6) is -0.0390. The highest BCUT2D eigenvalue weighted by molar-refractivity contribution is 7.89. The van der Waals surface area contributed by atoms with Crippen LogP contribution in [0.2, 0.25) is 0 Å². The van der Waals surface area contributed by atoms with E-state index in [-0.39, 0.29) is 30.3 Å². The Morgan fingerprint density at radius 1 is 1.07 bits per heavy atom. The van der Waals surface area contributed by atoms with Crippen LogP contribution >= 0.6 is 0 Å². The maximum atomic E-state index is 12.6. The summed E-state index contributed by atoms with van der Waals surface area (Å²) in [6, 6.07) is 10.8. The molecular weight excluding hydrogens is 366 g/mol. The molecule has 1 aliphatic rings. The first-order valence-corrected chi connectivity index (χ1v) is 10.1. The summed E-state index contributed by atoms with van der Waals surface area (Å²) in [5, 5.41) is 8.07. The molecule has 140 valence electrons. The van der Waals surface area contributed by atoms with Crippen LogP contribution in [0.5, 0.6) is 0 Å². The van der Waals surface area contributed by atoms with Gasteiger partial charge in [-0.2, -0.15) is 9.40 Å². The van der Waals surface area contributed by atoms with E-state index >= 15 is 0 Å². The molecule has 1 aliphatic heterocycles. The number of rotatable bonds is 4. The Morgan fingerprint density at radius 2 is 1.85 bits per heavy atom. The highest BCUT2D eigenvalue weighted by Crippen LogP contribution is 2.19. The lowest BCUT2D eigenvalue weighted by Gasteiger charge is -2.34. The van der Waals surface area contributed by atoms with Crippen molar-refractivity contribution < 1.29 is 13.2 Å². The molecule has 9 heteroatoms. The molecular formula is C18H19N5O3S. The van der Waals surface area contributed by atoms with Crippen LogP contribution in [0.4, 0.5) is 0 Å². The van der Waals surface area contributed by atoms with Crippen molar-refractivity contribution in [3.8, 4) is 0 Å². The van der Waals surface area contributed by atoms with Crippen LogP contribution < -0.4 is 0 Å². The first kappa shape index (κ1) is 17.6. The number of sulfonamides is 1. The van der Waals surface area contributed by atoms with Crippen molar-refractivity contribution in [1.82, 2.24) is 24.4 Å². The van der Waals surface area contributed by atoms with Gasteiger partial charge in [-0.05, 0) is 18.2 Å². The van der Waals surface area contributed by atoms with Gasteiger partial charge in [0.25, 0.3) is 0 Å². The van der Waals surface area contributed by atoms with Gasteiger partial charge >= 0.3 is 0 Å². The first-order valence-electron chi connectivity index (χ1n) is 8.65. The van der Waals surface area contributed by atoms with E-state index in [1.54, 1.807) is 11.0 Å². The number of aromatic nitrogens is 3. The van der Waals surface area contributed by atoms with Gasteiger partial charge in [0.2, 0.25) is 15.9 Å². The van der Waals surface area contributed by atoms with Crippen LogP contribution in [-0.2, 0) is 21.2 Å². The number of H-pyrrole nitrogens is 1. The van der Waals surface area contributed by atoms with Crippen molar-refractivity contribution in [3.63, 3.8) is 0 Å². The van der Waals surface area contributed by atoms with E-state index in [9.17, 15) is 13.2 Å². The summed E-state index contributed by atoms with van der Waals surface area (Å²) in [6.07, 6.45) is 3.10. The molecule has 0 atom stereocenters. The van der Waals surface area contributed by atoms with Crippen molar-refractivity contribution in [1.29, 1.82) is 0 Å². The number of carbonyl (C=O) groups excluding carboxylic acids is 1. The number of hydrogen-bond donors (Lipinski definition) is 1. The van der Waals surface area contributed by atoms with E-state index < -0.39 is 10.0 Å². The Bertz CT molecular complexity index is 1060. The molecule has 0 radical (unpaired) electrons. The van der Waals surface area contributed by atoms with Crippen LogP contribution in [0.3, 0.4) is 0 Å². The molecule has 8 nitrogen and oxygen atoms in total. The minimum Gasteiger partial charge on any atom is -0.340 e. The van der Waals surface area contributed by atoms with E-state index in [1.165, 1.54) is 22.8 Å². The van der Waals surface area contributed by atoms with Crippen LogP contribution in [0.1, 0.15) is 5.69 Å². The molecule has 1 amide bonds. The average molecular weight is 385 g/mol. The zero-order valence-electron chi connectivity index (χ0n) is 14.6. The topological polar surface area (TPSA) is 99.3 Å². The predicted octanol–water partition coefficient (Wildman–Crippen LogP) is 1.03. The molecule has 3 heterocycles. The Hall–Kier alpha value is -2.78. The normalized spacial score (nSPS) is 15.9. The first-order chi connectivity index (χ1) is 13.1. The SMILES string of the molecule is O=C(Cc1[nH]nc2ccccc12)N1CCN(S(=O)(=O)c2cccnc2)CC1. The number of nitrogens with one attached hydrogen (secondary N) is 1. The van der Waals surface area contributed by atoms with Crippen molar-refractivity contribution >= 4 is 26.8 Å². The average Bonchev–Trinajstić information content (AvgIpc) is 3.12. The van der Waals surface area contributed by atoms with E-state index in [0.717, 1.165) is 16.6 Å². The third-order valence-electron chi connectivity index (χ3n) is 4.73. The fraction of sp³-hybridized carbons (Fsp3) is 0.278. The molecule has 1 saturated heterocycles. The van der Waals surface area contributed by atoms with Crippen LogP contribution in [0.15, 0.2) is 53.7 Å². The number of amides is 1. The summed E-state index contributed by atoms with van der Waals surface area (Å²) in [6.45, 7) is 1.27. The van der Waals surface area contributed by atoms with Gasteiger partial charge in [-0.3, -0.25) is 14.9 Å². The van der Waals surface area contributed by atoms with Gasteiger partial charge in [0, 0.05) is 44.0 Å². The van der Waals surface area contributed by atoms with Gasteiger partial charge in [-0.15, -0.1) is 0 Å². The van der Waals surface area contributed by atoms with E-state index in [0.29, 0.717) is 13.1 Å². The molecule has 0 spiro atoms. The van der Waals surface area contributed by atoms with Crippen molar-refractivity contribution in [2.75, 3.05) is 26.2 Å². The predicted molar refractivity (Wildman–Crippen MR) is 99.4 cm³/mol. The number of carbonyl (C=O) groups is 1. The van der Waals surface area contributed by atoms with Gasteiger partial charge < -0.3 is 4.90 Å². The molecule has 2 aromatic heterocycles. The number of para-hydroxylation sites is 1. The smallest absolute Gasteiger partial charge is 0.244 e. The number of nitrogens with zero attached hydrogens (tertiary/aromatic N) is 4. The lowest BCUT2D eigenvalue weighted by molar-refractivity contribution is -0.131. The summed E-state index contributed by atoms with van der Waals surface area (Å²) in [7, 11) is -3.57. The van der Waals surface area contributed by atoms with Crippen molar-refractivity contribution in [2.45, 2.75) is 11.3 Å². The second kappa shape index (κ2) is 7.09. The molecule has 1 aromatic carbocycles. The zero-order valence-corrected chi connectivity index (χ0v) is 15.4. The maximum Gasteiger partial charge on any atom is 0.244 e. The van der Waals surface area contributed by atoms with E-state index in [4.69, 9.17) is 0 Å². The standard InChI is InChI=1S/C18H19N5O3S/c24-18(12-17-15-5-1-2-6-16(15)20-21-17)22-8-10-23(11-9-22)27(25,26)14-4-3-7-19-13-14/h1-7,13H,8-12H2,(H,20,21). The Morgan fingerprint density at radius 3 is 2.59 bits per heavy atom. The zero-order chi connectivity index (χ0) is 18.9. The van der Waals surface area contributed by atoms with Gasteiger partial charge in [-0.1, -0.05) is 18.2 Å². The molecule has 1 fully saturated rings. The minimum absolute atomic E-state index is 0.0390. The largest absolute Gasteiger partial charge is 0.340 e. The van der Waals surface area contributed by atoms with Crippen LogP contribution in [-0.4, -0.2) is 64.9 Å². The van der Waals surface area contributed by atoms with Crippen LogP contribution in [0, 0.1) is 0 Å². The third-order valence-corrected chi connectivity index (χ3v) is 6.61. The van der Waals surface area contributed by atoms with Gasteiger partial charge in [-0.25, -0.2) is 8.42 Å². The molecule has 0 bridgehead atoms. The van der Waals surface area contributed by atoms with Gasteiger partial charge in [0.05, 0.1) is 17.6 Å². The Kier molecular flexibility index (Phi) is 4.63. The fourth-order valence-corrected chi connectivity index (χ4v) is 4.63. The van der Waals surface area contributed by atoms with E-state index in [2.05, 4.69) is 15.2 Å². The molecule has 0 aliphatic carbocycles. The second-order valence-electron chi connectivity index (χ2n) is 6.37. The molecule has 0 saturated carbocycles. The second-order valence-corrected chi connectivity index (χ2v) is 8.31. The molecule has 1 N–H and O–H groups in total. The monoisotopic (exact) mass is 385 g/mol. The molecule has 3 aromatic rings. The maximum absolute atomic E-state index is 12.6.